The van der Waals surface area contributed by atoms with Crippen molar-refractivity contribution in [3.8, 4) is 0 Å². The highest BCUT2D eigenvalue weighted by Gasteiger charge is 2.20. The quantitative estimate of drug-likeness (QED) is 0.478. The zero-order valence-electron chi connectivity index (χ0n) is 12.5. The Kier molecular flexibility index (Phi) is 7.14. The summed E-state index contributed by atoms with van der Waals surface area (Å²) in [7, 11) is 0. The van der Waals surface area contributed by atoms with Crippen molar-refractivity contribution in [1.29, 1.82) is 0 Å². The molecule has 0 saturated carbocycles. The SMILES string of the molecule is CCC1=CC(=S=O)C2=CC=CC(=S=O)C2=C1.Ic1ccccc1. The summed E-state index contributed by atoms with van der Waals surface area (Å²) in [6, 6.07) is 10.2. The van der Waals surface area contributed by atoms with E-state index < -0.39 is 0 Å². The molecule has 0 aromatic heterocycles. The molecule has 0 heterocycles. The van der Waals surface area contributed by atoms with Gasteiger partial charge in [-0.25, -0.2) is 8.42 Å². The topological polar surface area (TPSA) is 34.1 Å². The van der Waals surface area contributed by atoms with E-state index in [1.807, 2.05) is 49.4 Å². The van der Waals surface area contributed by atoms with E-state index in [1.54, 1.807) is 6.08 Å². The van der Waals surface area contributed by atoms with Crippen LogP contribution in [0.25, 0.3) is 0 Å². The zero-order valence-corrected chi connectivity index (χ0v) is 16.3. The third-order valence-electron chi connectivity index (χ3n) is 3.30. The van der Waals surface area contributed by atoms with E-state index in [4.69, 9.17) is 0 Å². The van der Waals surface area contributed by atoms with Gasteiger partial charge in [-0.05, 0) is 64.9 Å². The Morgan fingerprint density at radius 2 is 1.65 bits per heavy atom. The Morgan fingerprint density at radius 3 is 2.17 bits per heavy atom. The number of fused-ring (bicyclic) bond motifs is 1. The van der Waals surface area contributed by atoms with Gasteiger partial charge in [-0.2, -0.15) is 0 Å². The molecular formula is C18H15IO2S2. The van der Waals surface area contributed by atoms with Crippen LogP contribution in [0.4, 0.5) is 0 Å². The van der Waals surface area contributed by atoms with Gasteiger partial charge in [-0.1, -0.05) is 37.3 Å². The van der Waals surface area contributed by atoms with Gasteiger partial charge in [0.05, 0.1) is 32.2 Å². The lowest BCUT2D eigenvalue weighted by molar-refractivity contribution is 0.700. The second-order valence-corrected chi connectivity index (χ2v) is 7.22. The maximum absolute atomic E-state index is 11.0. The summed E-state index contributed by atoms with van der Waals surface area (Å²) < 4.78 is 23.3. The average molecular weight is 454 g/mol. The van der Waals surface area contributed by atoms with E-state index in [0.29, 0.717) is 32.2 Å². The highest BCUT2D eigenvalue weighted by molar-refractivity contribution is 14.1. The number of hydrogen-bond donors (Lipinski definition) is 0. The summed E-state index contributed by atoms with van der Waals surface area (Å²) in [5.74, 6) is 0. The minimum absolute atomic E-state index is 0.475. The number of halogens is 1. The smallest absolute Gasteiger partial charge is 0.0971 e. The van der Waals surface area contributed by atoms with Crippen LogP contribution in [0.5, 0.6) is 0 Å². The largest absolute Gasteiger partial charge is 0.212 e. The molecule has 0 aliphatic heterocycles. The summed E-state index contributed by atoms with van der Waals surface area (Å²) >= 11 is 3.24. The minimum atomic E-state index is 0.475. The molecular weight excluding hydrogens is 439 g/mol. The lowest BCUT2D eigenvalue weighted by Gasteiger charge is -2.18. The molecule has 0 radical (unpaired) electrons. The standard InChI is InChI=1S/C12H10O2S2.C6H5I/c1-2-8-6-10-9(12(7-8)16-14)4-3-5-11(10)15-13;7-6-4-2-1-3-5-6/h3-7H,2H2,1H3;1-5H. The lowest BCUT2D eigenvalue weighted by atomic mass is 9.88. The first-order valence-corrected chi connectivity index (χ1v) is 9.61. The van der Waals surface area contributed by atoms with Gasteiger partial charge in [0, 0.05) is 14.7 Å². The maximum atomic E-state index is 11.0. The van der Waals surface area contributed by atoms with Crippen LogP contribution in [0.15, 0.2) is 77.4 Å². The van der Waals surface area contributed by atoms with Crippen molar-refractivity contribution in [1.82, 2.24) is 0 Å². The molecule has 118 valence electrons. The van der Waals surface area contributed by atoms with Crippen LogP contribution in [-0.2, 0) is 22.5 Å². The molecule has 0 fully saturated rings. The molecule has 0 amide bonds. The fourth-order valence-corrected chi connectivity index (χ4v) is 3.42. The molecule has 0 spiro atoms. The second kappa shape index (κ2) is 9.10. The molecule has 0 N–H and O–H groups in total. The fraction of sp³-hybridized carbons (Fsp3) is 0.111. The maximum Gasteiger partial charge on any atom is 0.0971 e. The van der Waals surface area contributed by atoms with Gasteiger partial charge in [-0.3, -0.25) is 0 Å². The predicted molar refractivity (Wildman–Crippen MR) is 109 cm³/mol. The number of benzene rings is 1. The third kappa shape index (κ3) is 4.83. The predicted octanol–water partition coefficient (Wildman–Crippen LogP) is 3.82. The first kappa shape index (κ1) is 18.0. The van der Waals surface area contributed by atoms with Crippen molar-refractivity contribution in [3.63, 3.8) is 0 Å². The van der Waals surface area contributed by atoms with Crippen LogP contribution < -0.4 is 0 Å². The first-order valence-electron chi connectivity index (χ1n) is 7.05. The first-order chi connectivity index (χ1) is 11.2. The van der Waals surface area contributed by atoms with Gasteiger partial charge in [0.2, 0.25) is 0 Å². The molecule has 0 bridgehead atoms. The van der Waals surface area contributed by atoms with Crippen LogP contribution in [0.3, 0.4) is 0 Å². The Labute approximate surface area is 157 Å². The molecule has 1 aromatic rings. The van der Waals surface area contributed by atoms with Gasteiger partial charge in [0.25, 0.3) is 0 Å². The molecule has 23 heavy (non-hydrogen) atoms. The lowest BCUT2D eigenvalue weighted by Crippen LogP contribution is -2.16. The Bertz CT molecular complexity index is 820. The molecule has 3 rings (SSSR count). The van der Waals surface area contributed by atoms with Crippen molar-refractivity contribution in [2.45, 2.75) is 13.3 Å². The van der Waals surface area contributed by atoms with Gasteiger partial charge >= 0.3 is 0 Å². The van der Waals surface area contributed by atoms with E-state index in [9.17, 15) is 8.42 Å². The van der Waals surface area contributed by atoms with Crippen molar-refractivity contribution in [2.24, 2.45) is 0 Å². The van der Waals surface area contributed by atoms with Crippen LogP contribution >= 0.6 is 22.6 Å². The van der Waals surface area contributed by atoms with Gasteiger partial charge in [0.1, 0.15) is 0 Å². The summed E-state index contributed by atoms with van der Waals surface area (Å²) in [6.45, 7) is 2.04. The van der Waals surface area contributed by atoms with E-state index in [2.05, 4.69) is 34.7 Å². The summed E-state index contributed by atoms with van der Waals surface area (Å²) in [4.78, 5) is 1.38. The highest BCUT2D eigenvalue weighted by atomic mass is 127. The fourth-order valence-electron chi connectivity index (χ4n) is 2.14. The molecule has 0 unspecified atom stereocenters. The highest BCUT2D eigenvalue weighted by Crippen LogP contribution is 2.26. The summed E-state index contributed by atoms with van der Waals surface area (Å²) in [5.41, 5.74) is 2.85. The monoisotopic (exact) mass is 454 g/mol. The van der Waals surface area contributed by atoms with E-state index in [1.165, 1.54) is 3.57 Å². The molecule has 2 aliphatic carbocycles. The summed E-state index contributed by atoms with van der Waals surface area (Å²) in [6.07, 6.45) is 10.2. The number of allylic oxidation sites excluding steroid dienone is 8. The van der Waals surface area contributed by atoms with Gasteiger partial charge in [0.15, 0.2) is 0 Å². The number of hydrogen-bond acceptors (Lipinski definition) is 2. The van der Waals surface area contributed by atoms with Crippen molar-refractivity contribution in [3.05, 3.63) is 81.0 Å². The summed E-state index contributed by atoms with van der Waals surface area (Å²) in [5, 5.41) is 0. The molecule has 0 atom stereocenters. The molecule has 2 nitrogen and oxygen atoms in total. The van der Waals surface area contributed by atoms with Crippen molar-refractivity contribution in [2.75, 3.05) is 0 Å². The van der Waals surface area contributed by atoms with Crippen molar-refractivity contribution < 1.29 is 8.42 Å². The van der Waals surface area contributed by atoms with E-state index >= 15 is 0 Å². The second-order valence-electron chi connectivity index (χ2n) is 4.76. The van der Waals surface area contributed by atoms with E-state index in [-0.39, 0.29) is 0 Å². The van der Waals surface area contributed by atoms with Crippen LogP contribution in [0.2, 0.25) is 0 Å². The Hall–Kier alpha value is -1.31. The van der Waals surface area contributed by atoms with Crippen LogP contribution in [0.1, 0.15) is 13.3 Å². The Morgan fingerprint density at radius 1 is 0.957 bits per heavy atom. The normalized spacial score (nSPS) is 15.5. The van der Waals surface area contributed by atoms with Crippen LogP contribution in [-0.4, -0.2) is 18.1 Å². The van der Waals surface area contributed by atoms with E-state index in [0.717, 1.165) is 23.1 Å². The molecule has 0 saturated heterocycles. The molecule has 2 aliphatic rings. The molecule has 1 aromatic carbocycles. The van der Waals surface area contributed by atoms with Crippen LogP contribution in [0, 0.1) is 3.57 Å². The average Bonchev–Trinajstić information content (AvgIpc) is 2.61. The van der Waals surface area contributed by atoms with Crippen molar-refractivity contribution >= 4 is 54.8 Å². The third-order valence-corrected chi connectivity index (χ3v) is 5.07. The molecule has 5 heteroatoms. The minimum Gasteiger partial charge on any atom is -0.212 e. The van der Waals surface area contributed by atoms with Gasteiger partial charge < -0.3 is 0 Å². The zero-order chi connectivity index (χ0) is 16.7. The van der Waals surface area contributed by atoms with Gasteiger partial charge in [-0.15, -0.1) is 0 Å². The Balaban J connectivity index is 0.000000229. The number of rotatable bonds is 1.